The number of nitrogens with one attached hydrogen (secondary N) is 1. The number of carbonyl (C=O) groups excluding carboxylic acids is 1. The van der Waals surface area contributed by atoms with Gasteiger partial charge < -0.3 is 11.1 Å². The number of amides is 1. The molecule has 1 aromatic carbocycles. The molecule has 0 aliphatic rings. The molecule has 1 aromatic heterocycles. The van der Waals surface area contributed by atoms with Gasteiger partial charge in [-0.25, -0.2) is 9.78 Å². The van der Waals surface area contributed by atoms with Crippen molar-refractivity contribution in [3.63, 3.8) is 0 Å². The van der Waals surface area contributed by atoms with Crippen LogP contribution in [-0.4, -0.2) is 15.5 Å². The fraction of sp³-hybridized carbons (Fsp3) is 0.154. The van der Waals surface area contributed by atoms with Crippen LogP contribution >= 0.6 is 0 Å². The van der Waals surface area contributed by atoms with E-state index in [0.29, 0.717) is 17.9 Å². The summed E-state index contributed by atoms with van der Waals surface area (Å²) in [5, 5.41) is 2.73. The molecule has 1 amide bonds. The molecular formula is C13H14N4O2. The van der Waals surface area contributed by atoms with Crippen molar-refractivity contribution >= 4 is 17.3 Å². The van der Waals surface area contributed by atoms with Gasteiger partial charge in [0, 0.05) is 36.7 Å². The molecule has 6 heteroatoms. The standard InChI is InChI=1S/C13H14N4O2/c14-10-2-4-11(5-3-10)16-12(18)6-9-17-8-1-7-15-13(17)19/h1-5,7-8H,6,9,14H2,(H,16,18). The second-order valence-corrected chi connectivity index (χ2v) is 4.02. The molecule has 2 rings (SSSR count). The molecule has 0 aliphatic carbocycles. The average molecular weight is 258 g/mol. The number of hydrogen-bond acceptors (Lipinski definition) is 4. The van der Waals surface area contributed by atoms with E-state index in [9.17, 15) is 9.59 Å². The molecule has 0 spiro atoms. The number of rotatable bonds is 4. The first-order valence-electron chi connectivity index (χ1n) is 5.82. The Balaban J connectivity index is 1.90. The topological polar surface area (TPSA) is 90.0 Å². The number of aromatic nitrogens is 2. The van der Waals surface area contributed by atoms with Gasteiger partial charge in [0.25, 0.3) is 0 Å². The van der Waals surface area contributed by atoms with Crippen LogP contribution in [0.15, 0.2) is 47.5 Å². The highest BCUT2D eigenvalue weighted by atomic mass is 16.2. The summed E-state index contributed by atoms with van der Waals surface area (Å²) in [7, 11) is 0. The highest BCUT2D eigenvalue weighted by molar-refractivity contribution is 5.90. The SMILES string of the molecule is Nc1ccc(NC(=O)CCn2cccnc2=O)cc1. The van der Waals surface area contributed by atoms with Gasteiger partial charge in [0.2, 0.25) is 5.91 Å². The summed E-state index contributed by atoms with van der Waals surface area (Å²) in [6.07, 6.45) is 3.23. The normalized spacial score (nSPS) is 10.1. The largest absolute Gasteiger partial charge is 0.399 e. The van der Waals surface area contributed by atoms with Crippen LogP contribution in [0.1, 0.15) is 6.42 Å². The molecule has 0 bridgehead atoms. The Bertz CT molecular complexity index is 619. The second kappa shape index (κ2) is 5.81. The molecule has 0 aliphatic heterocycles. The van der Waals surface area contributed by atoms with Gasteiger partial charge in [0.15, 0.2) is 0 Å². The van der Waals surface area contributed by atoms with Crippen LogP contribution < -0.4 is 16.7 Å². The maximum atomic E-state index is 11.7. The first-order chi connectivity index (χ1) is 9.15. The van der Waals surface area contributed by atoms with Crippen molar-refractivity contribution in [2.75, 3.05) is 11.1 Å². The van der Waals surface area contributed by atoms with Crippen LogP contribution in [-0.2, 0) is 11.3 Å². The Morgan fingerprint density at radius 1 is 1.32 bits per heavy atom. The number of nitrogen functional groups attached to an aromatic ring is 1. The summed E-state index contributed by atoms with van der Waals surface area (Å²) in [4.78, 5) is 26.7. The summed E-state index contributed by atoms with van der Waals surface area (Å²) < 4.78 is 1.39. The van der Waals surface area contributed by atoms with E-state index in [-0.39, 0.29) is 18.0 Å². The minimum atomic E-state index is -0.359. The summed E-state index contributed by atoms with van der Waals surface area (Å²) in [5.74, 6) is -0.166. The van der Waals surface area contributed by atoms with E-state index in [1.807, 2.05) is 0 Å². The lowest BCUT2D eigenvalue weighted by Crippen LogP contribution is -2.24. The highest BCUT2D eigenvalue weighted by Crippen LogP contribution is 2.10. The molecular weight excluding hydrogens is 244 g/mol. The lowest BCUT2D eigenvalue weighted by Gasteiger charge is -2.06. The summed E-state index contributed by atoms with van der Waals surface area (Å²) in [6, 6.07) is 8.52. The smallest absolute Gasteiger partial charge is 0.347 e. The van der Waals surface area contributed by atoms with Crippen molar-refractivity contribution in [2.24, 2.45) is 0 Å². The van der Waals surface area contributed by atoms with Crippen molar-refractivity contribution in [3.8, 4) is 0 Å². The maximum Gasteiger partial charge on any atom is 0.347 e. The van der Waals surface area contributed by atoms with Crippen molar-refractivity contribution < 1.29 is 4.79 Å². The van der Waals surface area contributed by atoms with Gasteiger partial charge >= 0.3 is 5.69 Å². The van der Waals surface area contributed by atoms with Gasteiger partial charge in [-0.2, -0.15) is 0 Å². The molecule has 0 atom stereocenters. The van der Waals surface area contributed by atoms with Crippen molar-refractivity contribution in [3.05, 3.63) is 53.2 Å². The molecule has 19 heavy (non-hydrogen) atoms. The fourth-order valence-corrected chi connectivity index (χ4v) is 1.57. The molecule has 2 aromatic rings. The highest BCUT2D eigenvalue weighted by Gasteiger charge is 2.03. The van der Waals surface area contributed by atoms with Gasteiger partial charge in [-0.15, -0.1) is 0 Å². The van der Waals surface area contributed by atoms with Crippen LogP contribution in [0.5, 0.6) is 0 Å². The zero-order valence-electron chi connectivity index (χ0n) is 10.2. The lowest BCUT2D eigenvalue weighted by atomic mass is 10.3. The molecule has 0 fully saturated rings. The molecule has 6 nitrogen and oxygen atoms in total. The minimum absolute atomic E-state index is 0.166. The van der Waals surface area contributed by atoms with E-state index in [0.717, 1.165) is 0 Å². The number of nitrogens with two attached hydrogens (primary N) is 1. The third-order valence-corrected chi connectivity index (χ3v) is 2.56. The predicted molar refractivity (Wildman–Crippen MR) is 72.6 cm³/mol. The second-order valence-electron chi connectivity index (χ2n) is 4.02. The number of nitrogens with zero attached hydrogens (tertiary/aromatic N) is 2. The van der Waals surface area contributed by atoms with Gasteiger partial charge in [-0.3, -0.25) is 9.36 Å². The van der Waals surface area contributed by atoms with E-state index in [4.69, 9.17) is 5.73 Å². The Kier molecular flexibility index (Phi) is 3.92. The Morgan fingerprint density at radius 3 is 2.74 bits per heavy atom. The third-order valence-electron chi connectivity index (χ3n) is 2.56. The molecule has 3 N–H and O–H groups in total. The number of carbonyl (C=O) groups is 1. The summed E-state index contributed by atoms with van der Waals surface area (Å²) in [6.45, 7) is 0.299. The Morgan fingerprint density at radius 2 is 2.05 bits per heavy atom. The summed E-state index contributed by atoms with van der Waals surface area (Å²) in [5.41, 5.74) is 6.51. The van der Waals surface area contributed by atoms with Crippen LogP contribution in [0.2, 0.25) is 0 Å². The zero-order valence-corrected chi connectivity index (χ0v) is 10.2. The van der Waals surface area contributed by atoms with Crippen LogP contribution in [0.4, 0.5) is 11.4 Å². The third kappa shape index (κ3) is 3.67. The van der Waals surface area contributed by atoms with Crippen molar-refractivity contribution in [2.45, 2.75) is 13.0 Å². The Labute approximate surface area is 109 Å². The quantitative estimate of drug-likeness (QED) is 0.796. The number of hydrogen-bond donors (Lipinski definition) is 2. The first-order valence-corrected chi connectivity index (χ1v) is 5.82. The van der Waals surface area contributed by atoms with Crippen LogP contribution in [0, 0.1) is 0 Å². The van der Waals surface area contributed by atoms with Gasteiger partial charge in [-0.1, -0.05) is 0 Å². The van der Waals surface area contributed by atoms with Gasteiger partial charge in [0.1, 0.15) is 0 Å². The van der Waals surface area contributed by atoms with E-state index >= 15 is 0 Å². The van der Waals surface area contributed by atoms with E-state index in [2.05, 4.69) is 10.3 Å². The molecule has 0 radical (unpaired) electrons. The molecule has 98 valence electrons. The van der Waals surface area contributed by atoms with Crippen LogP contribution in [0.3, 0.4) is 0 Å². The fourth-order valence-electron chi connectivity index (χ4n) is 1.57. The molecule has 0 saturated heterocycles. The van der Waals surface area contributed by atoms with E-state index < -0.39 is 0 Å². The summed E-state index contributed by atoms with van der Waals surface area (Å²) >= 11 is 0. The monoisotopic (exact) mass is 258 g/mol. The zero-order chi connectivity index (χ0) is 13.7. The van der Waals surface area contributed by atoms with Crippen molar-refractivity contribution in [1.29, 1.82) is 0 Å². The first kappa shape index (κ1) is 12.8. The lowest BCUT2D eigenvalue weighted by molar-refractivity contribution is -0.116. The van der Waals surface area contributed by atoms with E-state index in [1.165, 1.54) is 10.8 Å². The Hall–Kier alpha value is -2.63. The minimum Gasteiger partial charge on any atom is -0.399 e. The average Bonchev–Trinajstić information content (AvgIpc) is 2.40. The van der Waals surface area contributed by atoms with Gasteiger partial charge in [0.05, 0.1) is 0 Å². The molecule has 1 heterocycles. The van der Waals surface area contributed by atoms with Crippen LogP contribution in [0.25, 0.3) is 0 Å². The molecule has 0 saturated carbocycles. The number of anilines is 2. The number of aryl methyl sites for hydroxylation is 1. The van der Waals surface area contributed by atoms with E-state index in [1.54, 1.807) is 36.5 Å². The van der Waals surface area contributed by atoms with Gasteiger partial charge in [-0.05, 0) is 30.3 Å². The molecule has 0 unspecified atom stereocenters. The number of benzene rings is 1. The van der Waals surface area contributed by atoms with Crippen molar-refractivity contribution in [1.82, 2.24) is 9.55 Å². The maximum absolute atomic E-state index is 11.7. The predicted octanol–water partition coefficient (Wildman–Crippen LogP) is 0.854.